The summed E-state index contributed by atoms with van der Waals surface area (Å²) in [5, 5.41) is 7.29. The van der Waals surface area contributed by atoms with Gasteiger partial charge in [-0.25, -0.2) is 4.98 Å². The molecule has 0 radical (unpaired) electrons. The van der Waals surface area contributed by atoms with Gasteiger partial charge in [0, 0.05) is 19.5 Å². The van der Waals surface area contributed by atoms with Gasteiger partial charge in [-0.05, 0) is 25.9 Å². The van der Waals surface area contributed by atoms with Crippen molar-refractivity contribution in [3.05, 3.63) is 12.7 Å². The Morgan fingerprint density at radius 2 is 2.29 bits per heavy atom. The second-order valence-corrected chi connectivity index (χ2v) is 4.39. The van der Waals surface area contributed by atoms with Crippen LogP contribution in [0.5, 0.6) is 0 Å². The normalized spacial score (nSPS) is 17.0. The predicted molar refractivity (Wildman–Crippen MR) is 63.3 cm³/mol. The van der Waals surface area contributed by atoms with Crippen molar-refractivity contribution in [1.29, 1.82) is 0 Å². The first-order valence-corrected chi connectivity index (χ1v) is 6.06. The van der Waals surface area contributed by atoms with Crippen LogP contribution in [0.15, 0.2) is 12.7 Å². The van der Waals surface area contributed by atoms with Crippen LogP contribution in [0, 0.1) is 0 Å². The molecule has 1 aliphatic heterocycles. The average Bonchev–Trinajstić information content (AvgIpc) is 2.89. The maximum Gasteiger partial charge on any atom is 0.224 e. The summed E-state index contributed by atoms with van der Waals surface area (Å²) in [5.74, 6) is 0.187. The monoisotopic (exact) mass is 237 g/mol. The fourth-order valence-electron chi connectivity index (χ4n) is 2.13. The predicted octanol–water partition coefficient (Wildman–Crippen LogP) is -0.121. The molecule has 1 aliphatic rings. The average molecular weight is 237 g/mol. The quantitative estimate of drug-likeness (QED) is 0.793. The summed E-state index contributed by atoms with van der Waals surface area (Å²) in [6.07, 6.45) is 5.71. The van der Waals surface area contributed by atoms with Crippen LogP contribution in [-0.2, 0) is 11.3 Å². The van der Waals surface area contributed by atoms with Gasteiger partial charge < -0.3 is 10.2 Å². The maximum absolute atomic E-state index is 12.0. The first kappa shape index (κ1) is 12.0. The maximum atomic E-state index is 12.0. The molecule has 0 aromatic carbocycles. The van der Waals surface area contributed by atoms with E-state index in [-0.39, 0.29) is 5.91 Å². The number of piperidine rings is 1. The first-order chi connectivity index (χ1) is 8.27. The molecule has 0 atom stereocenters. The van der Waals surface area contributed by atoms with Gasteiger partial charge in [0.25, 0.3) is 0 Å². The van der Waals surface area contributed by atoms with Gasteiger partial charge in [0.15, 0.2) is 0 Å². The number of hydrogen-bond donors (Lipinski definition) is 1. The Morgan fingerprint density at radius 1 is 1.53 bits per heavy atom. The Morgan fingerprint density at radius 3 is 2.94 bits per heavy atom. The van der Waals surface area contributed by atoms with Crippen LogP contribution in [0.2, 0.25) is 0 Å². The Hall–Kier alpha value is -1.43. The van der Waals surface area contributed by atoms with E-state index in [1.165, 1.54) is 6.33 Å². The zero-order chi connectivity index (χ0) is 12.1. The zero-order valence-electron chi connectivity index (χ0n) is 10.2. The summed E-state index contributed by atoms with van der Waals surface area (Å²) < 4.78 is 1.69. The topological polar surface area (TPSA) is 63.1 Å². The van der Waals surface area contributed by atoms with Crippen molar-refractivity contribution < 1.29 is 4.79 Å². The highest BCUT2D eigenvalue weighted by atomic mass is 16.2. The molecule has 1 aromatic heterocycles. The van der Waals surface area contributed by atoms with Gasteiger partial charge in [-0.2, -0.15) is 5.10 Å². The van der Waals surface area contributed by atoms with Gasteiger partial charge >= 0.3 is 0 Å². The molecule has 1 saturated heterocycles. The van der Waals surface area contributed by atoms with Crippen LogP contribution in [0.3, 0.4) is 0 Å². The van der Waals surface area contributed by atoms with E-state index in [2.05, 4.69) is 15.4 Å². The standard InChI is InChI=1S/C11H19N5O/c1-15(10-2-5-12-6-3-10)11(17)4-7-16-9-13-8-14-16/h8-10,12H,2-7H2,1H3. The molecule has 1 aromatic rings. The van der Waals surface area contributed by atoms with Crippen molar-refractivity contribution in [2.75, 3.05) is 20.1 Å². The van der Waals surface area contributed by atoms with Gasteiger partial charge in [-0.3, -0.25) is 9.48 Å². The van der Waals surface area contributed by atoms with E-state index in [4.69, 9.17) is 0 Å². The van der Waals surface area contributed by atoms with Crippen LogP contribution in [0.1, 0.15) is 19.3 Å². The lowest BCUT2D eigenvalue weighted by Gasteiger charge is -2.31. The molecular formula is C11H19N5O. The minimum Gasteiger partial charge on any atom is -0.343 e. The van der Waals surface area contributed by atoms with E-state index >= 15 is 0 Å². The van der Waals surface area contributed by atoms with Gasteiger partial charge in [0.2, 0.25) is 5.91 Å². The first-order valence-electron chi connectivity index (χ1n) is 6.06. The Kier molecular flexibility index (Phi) is 4.08. The molecule has 1 N–H and O–H groups in total. The van der Waals surface area contributed by atoms with Gasteiger partial charge in [-0.1, -0.05) is 0 Å². The Balaban J connectivity index is 1.78. The van der Waals surface area contributed by atoms with Gasteiger partial charge in [0.05, 0.1) is 6.54 Å². The van der Waals surface area contributed by atoms with Crippen molar-refractivity contribution in [2.45, 2.75) is 31.8 Å². The minimum atomic E-state index is 0.187. The number of nitrogens with zero attached hydrogens (tertiary/aromatic N) is 4. The molecule has 6 nitrogen and oxygen atoms in total. The SMILES string of the molecule is CN(C(=O)CCn1cncn1)C1CCNCC1. The molecule has 2 rings (SSSR count). The third-order valence-electron chi connectivity index (χ3n) is 3.27. The van der Waals surface area contributed by atoms with Crippen molar-refractivity contribution >= 4 is 5.91 Å². The summed E-state index contributed by atoms with van der Waals surface area (Å²) in [5.41, 5.74) is 0. The Labute approximate surface area is 101 Å². The number of rotatable bonds is 4. The summed E-state index contributed by atoms with van der Waals surface area (Å²) in [7, 11) is 1.90. The molecular weight excluding hydrogens is 218 g/mol. The minimum absolute atomic E-state index is 0.187. The molecule has 2 heterocycles. The molecule has 1 fully saturated rings. The molecule has 0 saturated carbocycles. The molecule has 6 heteroatoms. The van der Waals surface area contributed by atoms with Crippen LogP contribution in [0.25, 0.3) is 0 Å². The van der Waals surface area contributed by atoms with E-state index in [0.29, 0.717) is 19.0 Å². The fraction of sp³-hybridized carbons (Fsp3) is 0.727. The van der Waals surface area contributed by atoms with Crippen molar-refractivity contribution in [3.63, 3.8) is 0 Å². The fourth-order valence-corrected chi connectivity index (χ4v) is 2.13. The molecule has 94 valence electrons. The van der Waals surface area contributed by atoms with E-state index in [1.807, 2.05) is 11.9 Å². The number of aryl methyl sites for hydroxylation is 1. The number of aromatic nitrogens is 3. The number of nitrogens with one attached hydrogen (secondary N) is 1. The van der Waals surface area contributed by atoms with Crippen LogP contribution < -0.4 is 5.32 Å². The molecule has 0 bridgehead atoms. The van der Waals surface area contributed by atoms with Crippen molar-refractivity contribution in [1.82, 2.24) is 25.0 Å². The molecule has 17 heavy (non-hydrogen) atoms. The second kappa shape index (κ2) is 5.77. The highest BCUT2D eigenvalue weighted by molar-refractivity contribution is 5.76. The number of carbonyl (C=O) groups is 1. The molecule has 0 unspecified atom stereocenters. The number of amides is 1. The third kappa shape index (κ3) is 3.26. The molecule has 0 aliphatic carbocycles. The van der Waals surface area contributed by atoms with Crippen LogP contribution >= 0.6 is 0 Å². The van der Waals surface area contributed by atoms with Crippen molar-refractivity contribution in [2.24, 2.45) is 0 Å². The summed E-state index contributed by atoms with van der Waals surface area (Å²) in [6.45, 7) is 2.62. The second-order valence-electron chi connectivity index (χ2n) is 4.39. The lowest BCUT2D eigenvalue weighted by atomic mass is 10.1. The largest absolute Gasteiger partial charge is 0.343 e. The molecule has 0 spiro atoms. The van der Waals surface area contributed by atoms with Crippen molar-refractivity contribution in [3.8, 4) is 0 Å². The van der Waals surface area contributed by atoms with E-state index in [1.54, 1.807) is 11.0 Å². The van der Waals surface area contributed by atoms with Crippen LogP contribution in [0.4, 0.5) is 0 Å². The number of hydrogen-bond acceptors (Lipinski definition) is 4. The Bertz CT molecular complexity index is 345. The lowest BCUT2D eigenvalue weighted by Crippen LogP contribution is -2.44. The zero-order valence-corrected chi connectivity index (χ0v) is 10.2. The summed E-state index contributed by atoms with van der Waals surface area (Å²) in [6, 6.07) is 0.388. The molecule has 1 amide bonds. The van der Waals surface area contributed by atoms with Gasteiger partial charge in [-0.15, -0.1) is 0 Å². The van der Waals surface area contributed by atoms with Gasteiger partial charge in [0.1, 0.15) is 12.7 Å². The summed E-state index contributed by atoms with van der Waals surface area (Å²) >= 11 is 0. The smallest absolute Gasteiger partial charge is 0.224 e. The highest BCUT2D eigenvalue weighted by Crippen LogP contribution is 2.11. The van der Waals surface area contributed by atoms with E-state index < -0.39 is 0 Å². The number of carbonyl (C=O) groups excluding carboxylic acids is 1. The third-order valence-corrected chi connectivity index (χ3v) is 3.27. The van der Waals surface area contributed by atoms with E-state index in [9.17, 15) is 4.79 Å². The highest BCUT2D eigenvalue weighted by Gasteiger charge is 2.21. The van der Waals surface area contributed by atoms with E-state index in [0.717, 1.165) is 25.9 Å². The lowest BCUT2D eigenvalue weighted by molar-refractivity contribution is -0.132. The van der Waals surface area contributed by atoms with Crippen LogP contribution in [-0.4, -0.2) is 51.8 Å². The summed E-state index contributed by atoms with van der Waals surface area (Å²) in [4.78, 5) is 17.7.